The first-order valence-electron chi connectivity index (χ1n) is 7.70. The van der Waals surface area contributed by atoms with Crippen molar-refractivity contribution >= 4 is 0 Å². The van der Waals surface area contributed by atoms with Gasteiger partial charge >= 0.3 is 0 Å². The molecule has 2 aliphatic rings. The van der Waals surface area contributed by atoms with Crippen molar-refractivity contribution in [1.29, 1.82) is 0 Å². The van der Waals surface area contributed by atoms with Gasteiger partial charge in [0.1, 0.15) is 5.75 Å². The third-order valence-electron chi connectivity index (χ3n) is 5.32. The zero-order valence-electron chi connectivity index (χ0n) is 12.2. The Kier molecular flexibility index (Phi) is 3.30. The van der Waals surface area contributed by atoms with Gasteiger partial charge in [0.25, 0.3) is 0 Å². The molecule has 1 saturated heterocycles. The fraction of sp³-hybridized carbons (Fsp3) is 0.647. The summed E-state index contributed by atoms with van der Waals surface area (Å²) in [5.41, 5.74) is 3.20. The second-order valence-electron chi connectivity index (χ2n) is 6.39. The van der Waals surface area contributed by atoms with Gasteiger partial charge in [0.2, 0.25) is 0 Å². The van der Waals surface area contributed by atoms with Gasteiger partial charge in [0.05, 0.1) is 0 Å². The van der Waals surface area contributed by atoms with Gasteiger partial charge in [0.15, 0.2) is 0 Å². The highest BCUT2D eigenvalue weighted by molar-refractivity contribution is 5.44. The molecule has 3 rings (SSSR count). The standard InChI is InChI=1S/C17H25NO/c1-3-9-17-10-4-11-18(2)16(17)8-6-13-5-7-14(19)12-15(13)17/h5,7,12,16,19H,3-4,6,8-11H2,1-2H3/t16-,17-/m0/s1. The van der Waals surface area contributed by atoms with Crippen LogP contribution in [0.2, 0.25) is 0 Å². The highest BCUT2D eigenvalue weighted by Crippen LogP contribution is 2.49. The molecule has 1 N–H and O–H groups in total. The van der Waals surface area contributed by atoms with Crippen molar-refractivity contribution in [2.24, 2.45) is 0 Å². The van der Waals surface area contributed by atoms with Gasteiger partial charge in [-0.2, -0.15) is 0 Å². The van der Waals surface area contributed by atoms with Gasteiger partial charge in [-0.15, -0.1) is 0 Å². The fourth-order valence-electron chi connectivity index (χ4n) is 4.61. The van der Waals surface area contributed by atoms with Crippen LogP contribution in [0.3, 0.4) is 0 Å². The largest absolute Gasteiger partial charge is 0.508 e. The SMILES string of the molecule is CCC[C@@]12CCCN(C)[C@H]1CCc1ccc(O)cc12. The Bertz CT molecular complexity index is 466. The molecule has 2 heteroatoms. The summed E-state index contributed by atoms with van der Waals surface area (Å²) < 4.78 is 0. The van der Waals surface area contributed by atoms with Crippen LogP contribution >= 0.6 is 0 Å². The molecule has 1 fully saturated rings. The number of nitrogens with zero attached hydrogens (tertiary/aromatic N) is 1. The van der Waals surface area contributed by atoms with E-state index in [-0.39, 0.29) is 5.41 Å². The highest BCUT2D eigenvalue weighted by atomic mass is 16.3. The molecule has 1 aliphatic carbocycles. The Balaban J connectivity index is 2.12. The molecule has 0 unspecified atom stereocenters. The maximum absolute atomic E-state index is 9.91. The number of piperidine rings is 1. The molecular formula is C17H25NO. The lowest BCUT2D eigenvalue weighted by Crippen LogP contribution is -2.55. The van der Waals surface area contributed by atoms with Gasteiger partial charge in [0, 0.05) is 11.5 Å². The molecule has 0 bridgehead atoms. The van der Waals surface area contributed by atoms with E-state index in [0.29, 0.717) is 11.8 Å². The predicted molar refractivity (Wildman–Crippen MR) is 78.7 cm³/mol. The molecule has 1 aliphatic heterocycles. The smallest absolute Gasteiger partial charge is 0.115 e. The summed E-state index contributed by atoms with van der Waals surface area (Å²) in [5.74, 6) is 0.433. The number of benzene rings is 1. The summed E-state index contributed by atoms with van der Waals surface area (Å²) in [4.78, 5) is 2.56. The molecule has 2 nitrogen and oxygen atoms in total. The second-order valence-corrected chi connectivity index (χ2v) is 6.39. The minimum atomic E-state index is 0.286. The Morgan fingerprint density at radius 1 is 1.42 bits per heavy atom. The number of likely N-dealkylation sites (tertiary alicyclic amines) is 1. The Hall–Kier alpha value is -1.02. The lowest BCUT2D eigenvalue weighted by Gasteiger charge is -2.53. The first-order chi connectivity index (χ1) is 9.17. The van der Waals surface area contributed by atoms with Crippen molar-refractivity contribution in [3.05, 3.63) is 29.3 Å². The molecule has 1 heterocycles. The van der Waals surface area contributed by atoms with Gasteiger partial charge in [-0.25, -0.2) is 0 Å². The van der Waals surface area contributed by atoms with E-state index in [1.807, 2.05) is 6.07 Å². The topological polar surface area (TPSA) is 23.5 Å². The van der Waals surface area contributed by atoms with Crippen molar-refractivity contribution in [3.8, 4) is 5.75 Å². The number of aryl methyl sites for hydroxylation is 1. The maximum Gasteiger partial charge on any atom is 0.115 e. The third-order valence-corrected chi connectivity index (χ3v) is 5.32. The molecule has 0 amide bonds. The summed E-state index contributed by atoms with van der Waals surface area (Å²) in [6, 6.07) is 6.71. The molecule has 0 aromatic heterocycles. The van der Waals surface area contributed by atoms with E-state index in [1.165, 1.54) is 49.8 Å². The van der Waals surface area contributed by atoms with Crippen LogP contribution in [0.15, 0.2) is 18.2 Å². The van der Waals surface area contributed by atoms with Gasteiger partial charge in [-0.1, -0.05) is 19.4 Å². The van der Waals surface area contributed by atoms with E-state index in [2.05, 4.69) is 31.0 Å². The second kappa shape index (κ2) is 4.82. The first kappa shape index (κ1) is 13.0. The van der Waals surface area contributed by atoms with Crippen molar-refractivity contribution in [3.63, 3.8) is 0 Å². The van der Waals surface area contributed by atoms with Crippen LogP contribution in [-0.4, -0.2) is 29.6 Å². The third kappa shape index (κ3) is 1.97. The van der Waals surface area contributed by atoms with E-state index in [1.54, 1.807) is 0 Å². The zero-order chi connectivity index (χ0) is 13.5. The van der Waals surface area contributed by atoms with Gasteiger partial charge in [-0.3, -0.25) is 0 Å². The van der Waals surface area contributed by atoms with Crippen LogP contribution < -0.4 is 0 Å². The van der Waals surface area contributed by atoms with Crippen molar-refractivity contribution in [1.82, 2.24) is 4.90 Å². The molecule has 0 spiro atoms. The van der Waals surface area contributed by atoms with Crippen LogP contribution in [0.5, 0.6) is 5.75 Å². The summed E-state index contributed by atoms with van der Waals surface area (Å²) in [5, 5.41) is 9.91. The molecule has 104 valence electrons. The van der Waals surface area contributed by atoms with Crippen LogP contribution in [0.1, 0.15) is 50.2 Å². The fourth-order valence-corrected chi connectivity index (χ4v) is 4.61. The Morgan fingerprint density at radius 3 is 3.05 bits per heavy atom. The minimum absolute atomic E-state index is 0.286. The van der Waals surface area contributed by atoms with E-state index in [9.17, 15) is 5.11 Å². The molecular weight excluding hydrogens is 234 g/mol. The lowest BCUT2D eigenvalue weighted by molar-refractivity contribution is 0.0669. The maximum atomic E-state index is 9.91. The van der Waals surface area contributed by atoms with E-state index in [0.717, 1.165) is 6.42 Å². The molecule has 19 heavy (non-hydrogen) atoms. The van der Waals surface area contributed by atoms with E-state index < -0.39 is 0 Å². The number of phenols is 1. The number of aromatic hydroxyl groups is 1. The number of likely N-dealkylation sites (N-methyl/N-ethyl adjacent to an activating group) is 1. The Morgan fingerprint density at radius 2 is 2.26 bits per heavy atom. The summed E-state index contributed by atoms with van der Waals surface area (Å²) in [7, 11) is 2.28. The van der Waals surface area contributed by atoms with Crippen molar-refractivity contribution < 1.29 is 5.11 Å². The molecule has 2 atom stereocenters. The van der Waals surface area contributed by atoms with Crippen LogP contribution in [-0.2, 0) is 11.8 Å². The predicted octanol–water partition coefficient (Wildman–Crippen LogP) is 3.47. The minimum Gasteiger partial charge on any atom is -0.508 e. The lowest BCUT2D eigenvalue weighted by atomic mass is 9.60. The molecule has 1 aromatic rings. The Labute approximate surface area is 116 Å². The summed E-state index contributed by atoms with van der Waals surface area (Å²) in [6.07, 6.45) is 7.47. The van der Waals surface area contributed by atoms with Crippen LogP contribution in [0.4, 0.5) is 0 Å². The number of phenolic OH excluding ortho intramolecular Hbond substituents is 1. The highest BCUT2D eigenvalue weighted by Gasteiger charge is 2.46. The number of fused-ring (bicyclic) bond motifs is 3. The zero-order valence-corrected chi connectivity index (χ0v) is 12.2. The quantitative estimate of drug-likeness (QED) is 0.879. The molecule has 0 saturated carbocycles. The van der Waals surface area contributed by atoms with Crippen LogP contribution in [0, 0.1) is 0 Å². The average Bonchev–Trinajstić information content (AvgIpc) is 2.39. The number of rotatable bonds is 2. The van der Waals surface area contributed by atoms with E-state index >= 15 is 0 Å². The van der Waals surface area contributed by atoms with Crippen molar-refractivity contribution in [2.75, 3.05) is 13.6 Å². The van der Waals surface area contributed by atoms with E-state index in [4.69, 9.17) is 0 Å². The monoisotopic (exact) mass is 259 g/mol. The first-order valence-corrected chi connectivity index (χ1v) is 7.70. The van der Waals surface area contributed by atoms with Crippen LogP contribution in [0.25, 0.3) is 0 Å². The van der Waals surface area contributed by atoms with Gasteiger partial charge < -0.3 is 10.0 Å². The normalized spacial score (nSPS) is 30.7. The van der Waals surface area contributed by atoms with Gasteiger partial charge in [-0.05, 0) is 69.0 Å². The number of hydrogen-bond acceptors (Lipinski definition) is 2. The van der Waals surface area contributed by atoms with Crippen molar-refractivity contribution in [2.45, 2.75) is 56.9 Å². The summed E-state index contributed by atoms with van der Waals surface area (Å²) in [6.45, 7) is 3.52. The number of hydrogen-bond donors (Lipinski definition) is 1. The molecule has 1 aromatic carbocycles. The molecule has 0 radical (unpaired) electrons. The average molecular weight is 259 g/mol. The summed E-state index contributed by atoms with van der Waals surface area (Å²) >= 11 is 0.